The lowest BCUT2D eigenvalue weighted by atomic mass is 10.2. The molecule has 1 aromatic carbocycles. The summed E-state index contributed by atoms with van der Waals surface area (Å²) >= 11 is 0. The lowest BCUT2D eigenvalue weighted by molar-refractivity contribution is -0.479. The van der Waals surface area contributed by atoms with E-state index in [0.29, 0.717) is 5.76 Å². The second kappa shape index (κ2) is 8.22. The number of hydrogen-bond acceptors (Lipinski definition) is 4. The van der Waals surface area contributed by atoms with Crippen LogP contribution in [0, 0.1) is 0 Å². The Hall–Kier alpha value is -2.97. The van der Waals surface area contributed by atoms with Crippen molar-refractivity contribution in [3.05, 3.63) is 54.0 Å². The molecule has 2 aromatic rings. The van der Waals surface area contributed by atoms with E-state index in [1.165, 1.54) is 18.4 Å². The van der Waals surface area contributed by atoms with E-state index < -0.39 is 17.7 Å². The normalized spacial score (nSPS) is 11.9. The Labute approximate surface area is 141 Å². The molecule has 0 atom stereocenters. The van der Waals surface area contributed by atoms with Crippen molar-refractivity contribution in [3.63, 3.8) is 0 Å². The highest BCUT2D eigenvalue weighted by atomic mass is 19.4. The highest BCUT2D eigenvalue weighted by Crippen LogP contribution is 2.30. The van der Waals surface area contributed by atoms with Gasteiger partial charge in [0.15, 0.2) is 0 Å². The molecule has 134 valence electrons. The third kappa shape index (κ3) is 5.55. The second-order valence-corrected chi connectivity index (χ2v) is 4.86. The number of carbonyl (C=O) groups is 1. The van der Waals surface area contributed by atoms with Crippen LogP contribution in [0.1, 0.15) is 18.2 Å². The summed E-state index contributed by atoms with van der Waals surface area (Å²) in [6, 6.07) is 7.95. The minimum atomic E-state index is -4.46. The van der Waals surface area contributed by atoms with E-state index in [-0.39, 0.29) is 24.7 Å². The Morgan fingerprint density at radius 2 is 2.08 bits per heavy atom. The van der Waals surface area contributed by atoms with Crippen LogP contribution < -0.4 is 15.8 Å². The van der Waals surface area contributed by atoms with E-state index in [0.717, 1.165) is 12.1 Å². The molecular weight excluding hydrogens is 339 g/mol. The monoisotopic (exact) mass is 356 g/mol. The van der Waals surface area contributed by atoms with Gasteiger partial charge in [0.2, 0.25) is 0 Å². The number of rotatable bonds is 5. The average Bonchev–Trinajstić information content (AvgIpc) is 3.08. The molecule has 0 amide bonds. The van der Waals surface area contributed by atoms with Gasteiger partial charge in [0, 0.05) is 0 Å². The first-order valence-electron chi connectivity index (χ1n) is 7.39. The third-order valence-corrected chi connectivity index (χ3v) is 3.02. The first-order chi connectivity index (χ1) is 11.9. The highest BCUT2D eigenvalue weighted by Gasteiger charge is 2.30. The summed E-state index contributed by atoms with van der Waals surface area (Å²) in [5.41, 5.74) is 4.41. The number of anilines is 1. The molecule has 0 fully saturated rings. The maximum absolute atomic E-state index is 12.7. The molecule has 2 rings (SSSR count). The van der Waals surface area contributed by atoms with E-state index in [1.807, 2.05) is 0 Å². The van der Waals surface area contributed by atoms with Crippen LogP contribution in [0.3, 0.4) is 0 Å². The third-order valence-electron chi connectivity index (χ3n) is 3.02. The van der Waals surface area contributed by atoms with E-state index in [1.54, 1.807) is 19.1 Å². The number of furan rings is 1. The van der Waals surface area contributed by atoms with Gasteiger partial charge in [0.25, 0.3) is 0 Å². The molecule has 1 aromatic heterocycles. The van der Waals surface area contributed by atoms with Crippen molar-refractivity contribution in [1.82, 2.24) is 5.43 Å². The van der Waals surface area contributed by atoms with Crippen molar-refractivity contribution in [2.24, 2.45) is 0 Å². The number of hydrazine groups is 1. The van der Waals surface area contributed by atoms with Crippen LogP contribution in [0.5, 0.6) is 0 Å². The summed E-state index contributed by atoms with van der Waals surface area (Å²) in [5.74, 6) is -0.174. The Morgan fingerprint density at radius 1 is 1.28 bits per heavy atom. The van der Waals surface area contributed by atoms with Gasteiger partial charge < -0.3 is 9.15 Å². The number of esters is 1. The van der Waals surface area contributed by atoms with Crippen LogP contribution in [0.2, 0.25) is 0 Å². The smallest absolute Gasteiger partial charge is 0.423 e. The van der Waals surface area contributed by atoms with Crippen molar-refractivity contribution in [1.29, 1.82) is 0 Å². The predicted molar refractivity (Wildman–Crippen MR) is 83.2 cm³/mol. The molecular formula is C16H17F3N3O3+. The van der Waals surface area contributed by atoms with Gasteiger partial charge in [-0.15, -0.1) is 0 Å². The quantitative estimate of drug-likeness (QED) is 0.327. The van der Waals surface area contributed by atoms with Crippen LogP contribution in [-0.4, -0.2) is 18.4 Å². The molecule has 0 aliphatic heterocycles. The van der Waals surface area contributed by atoms with Crippen molar-refractivity contribution >= 4 is 17.5 Å². The summed E-state index contributed by atoms with van der Waals surface area (Å²) in [5, 5.41) is 0. The minimum absolute atomic E-state index is 0.0596. The van der Waals surface area contributed by atoms with E-state index >= 15 is 0 Å². The molecule has 0 radical (unpaired) electrons. The molecule has 3 N–H and O–H groups in total. The van der Waals surface area contributed by atoms with Crippen LogP contribution in [0.4, 0.5) is 18.9 Å². The summed E-state index contributed by atoms with van der Waals surface area (Å²) < 4.78 is 48.2. The fourth-order valence-electron chi connectivity index (χ4n) is 1.87. The maximum Gasteiger partial charge on any atom is 0.423 e. The van der Waals surface area contributed by atoms with Gasteiger partial charge in [-0.3, -0.25) is 4.99 Å². The zero-order chi connectivity index (χ0) is 18.3. The van der Waals surface area contributed by atoms with E-state index in [9.17, 15) is 18.0 Å². The number of nitrogens with one attached hydrogen (secondary N) is 3. The largest absolute Gasteiger partial charge is 0.465 e. The van der Waals surface area contributed by atoms with Crippen LogP contribution in [0.15, 0.2) is 47.1 Å². The van der Waals surface area contributed by atoms with Gasteiger partial charge in [-0.25, -0.2) is 10.2 Å². The molecule has 0 aliphatic rings. The highest BCUT2D eigenvalue weighted by molar-refractivity contribution is 6.32. The molecule has 0 bridgehead atoms. The van der Waals surface area contributed by atoms with Gasteiger partial charge >= 0.3 is 18.0 Å². The van der Waals surface area contributed by atoms with E-state index in [4.69, 9.17) is 9.15 Å². The van der Waals surface area contributed by atoms with Gasteiger partial charge in [-0.05, 0) is 37.3 Å². The molecule has 0 spiro atoms. The number of benzene rings is 1. The summed E-state index contributed by atoms with van der Waals surface area (Å²) in [7, 11) is 0. The first-order valence-corrected chi connectivity index (χ1v) is 7.39. The van der Waals surface area contributed by atoms with Crippen molar-refractivity contribution in [2.45, 2.75) is 19.6 Å². The fourth-order valence-corrected chi connectivity index (χ4v) is 1.87. The molecule has 0 unspecified atom stereocenters. The molecule has 0 saturated heterocycles. The van der Waals surface area contributed by atoms with Gasteiger partial charge in [0.1, 0.15) is 12.3 Å². The molecule has 1 heterocycles. The number of halogens is 3. The van der Waals surface area contributed by atoms with Crippen LogP contribution >= 0.6 is 0 Å². The van der Waals surface area contributed by atoms with E-state index in [2.05, 4.69) is 15.8 Å². The molecule has 25 heavy (non-hydrogen) atoms. The van der Waals surface area contributed by atoms with Gasteiger partial charge in [-0.2, -0.15) is 18.6 Å². The van der Waals surface area contributed by atoms with Crippen molar-refractivity contribution in [2.75, 3.05) is 12.0 Å². The average molecular weight is 356 g/mol. The predicted octanol–water partition coefficient (Wildman–Crippen LogP) is 1.46. The SMILES string of the molecule is CCOC(=O)C(NNc1cccc(C(F)(F)F)c1)=[NH+]Cc1ccco1. The zero-order valence-electron chi connectivity index (χ0n) is 13.3. The van der Waals surface area contributed by atoms with Crippen molar-refractivity contribution in [3.8, 4) is 0 Å². The number of alkyl halides is 3. The lowest BCUT2D eigenvalue weighted by Crippen LogP contribution is -2.77. The van der Waals surface area contributed by atoms with Crippen LogP contribution in [-0.2, 0) is 22.3 Å². The van der Waals surface area contributed by atoms with Crippen molar-refractivity contribution < 1.29 is 32.1 Å². The summed E-state index contributed by atoms with van der Waals surface area (Å²) in [4.78, 5) is 14.7. The Morgan fingerprint density at radius 3 is 2.72 bits per heavy atom. The molecule has 0 saturated carbocycles. The second-order valence-electron chi connectivity index (χ2n) is 4.86. The number of ether oxygens (including phenoxy) is 1. The number of carbonyl (C=O) groups excluding carboxylic acids is 1. The Bertz CT molecular complexity index is 728. The Kier molecular flexibility index (Phi) is 6.04. The van der Waals surface area contributed by atoms with Gasteiger partial charge in [0.05, 0.1) is 24.1 Å². The van der Waals surface area contributed by atoms with Crippen LogP contribution in [0.25, 0.3) is 0 Å². The molecule has 6 nitrogen and oxygen atoms in total. The molecule has 9 heteroatoms. The summed E-state index contributed by atoms with van der Waals surface area (Å²) in [6.45, 7) is 1.98. The summed E-state index contributed by atoms with van der Waals surface area (Å²) in [6.07, 6.45) is -2.97. The fraction of sp³-hybridized carbons (Fsp3) is 0.250. The Balaban J connectivity index is 2.09. The minimum Gasteiger partial charge on any atom is -0.465 e. The number of amidine groups is 1. The van der Waals surface area contributed by atoms with Gasteiger partial charge in [-0.1, -0.05) is 6.07 Å². The topological polar surface area (TPSA) is 77.5 Å². The number of hydrogen-bond donors (Lipinski definition) is 3. The maximum atomic E-state index is 12.7. The molecule has 0 aliphatic carbocycles. The zero-order valence-corrected chi connectivity index (χ0v) is 13.3. The first kappa shape index (κ1) is 18.4. The standard InChI is InChI=1S/C16H16F3N3O3/c1-2-24-15(23)14(20-10-13-7-4-8-25-13)22-21-12-6-3-5-11(9-12)16(17,18)19/h3-9,21H,2,10H2,1H3,(H,20,22)/p+1. The lowest BCUT2D eigenvalue weighted by Gasteiger charge is -2.09.